The van der Waals surface area contributed by atoms with Gasteiger partial charge in [-0.2, -0.15) is 0 Å². The van der Waals surface area contributed by atoms with Crippen LogP contribution in [-0.4, -0.2) is 152 Å². The molecular weight excluding hydrogens is 704 g/mol. The third kappa shape index (κ3) is 17.5. The van der Waals surface area contributed by atoms with Crippen molar-refractivity contribution >= 4 is 17.9 Å². The Bertz CT molecular complexity index is 1030. The number of aliphatic hydroxyl groups excluding tert-OH is 7. The predicted octanol–water partition coefficient (Wildman–Crippen LogP) is 0.817. The van der Waals surface area contributed by atoms with E-state index in [2.05, 4.69) is 0 Å². The number of hydrogen-bond acceptors (Lipinski definition) is 16. The third-order valence-corrected chi connectivity index (χ3v) is 9.38. The second-order valence-electron chi connectivity index (χ2n) is 14.0. The highest BCUT2D eigenvalue weighted by molar-refractivity contribution is 5.70. The van der Waals surface area contributed by atoms with Crippen LogP contribution >= 0.6 is 0 Å². The number of carboxylic acids is 1. The van der Waals surface area contributed by atoms with E-state index in [1.165, 1.54) is 0 Å². The topological polar surface area (TPSA) is 268 Å². The molecule has 0 aromatic carbocycles. The molecular formula is C36H64O17. The van der Waals surface area contributed by atoms with Crippen molar-refractivity contribution in [3.8, 4) is 0 Å². The van der Waals surface area contributed by atoms with E-state index in [0.29, 0.717) is 19.3 Å². The Balaban J connectivity index is 1.90. The zero-order valence-corrected chi connectivity index (χ0v) is 31.1. The van der Waals surface area contributed by atoms with Crippen LogP contribution in [-0.2, 0) is 42.8 Å². The summed E-state index contributed by atoms with van der Waals surface area (Å²) >= 11 is 0. The molecule has 2 fully saturated rings. The highest BCUT2D eigenvalue weighted by Crippen LogP contribution is 2.31. The lowest BCUT2D eigenvalue weighted by Crippen LogP contribution is -2.65. The molecule has 2 aliphatic heterocycles. The molecule has 2 saturated heterocycles. The lowest BCUT2D eigenvalue weighted by atomic mass is 9.96. The van der Waals surface area contributed by atoms with Gasteiger partial charge in [-0.05, 0) is 19.3 Å². The van der Waals surface area contributed by atoms with Gasteiger partial charge in [0.1, 0.15) is 49.3 Å². The number of unbranched alkanes of at least 4 members (excludes halogenated alkanes) is 10. The van der Waals surface area contributed by atoms with Crippen LogP contribution < -0.4 is 0 Å². The third-order valence-electron chi connectivity index (χ3n) is 9.38. The van der Waals surface area contributed by atoms with Gasteiger partial charge in [-0.15, -0.1) is 0 Å². The van der Waals surface area contributed by atoms with Crippen LogP contribution in [0.15, 0.2) is 0 Å². The van der Waals surface area contributed by atoms with Gasteiger partial charge < -0.3 is 69.3 Å². The number of rotatable bonds is 27. The van der Waals surface area contributed by atoms with Crippen LogP contribution in [0, 0.1) is 0 Å². The highest BCUT2D eigenvalue weighted by Gasteiger charge is 2.52. The second kappa shape index (κ2) is 25.9. The molecule has 8 N–H and O–H groups in total. The van der Waals surface area contributed by atoms with Crippen molar-refractivity contribution in [3.63, 3.8) is 0 Å². The van der Waals surface area contributed by atoms with Crippen molar-refractivity contribution in [2.75, 3.05) is 19.8 Å². The highest BCUT2D eigenvalue weighted by atomic mass is 16.8. The maximum Gasteiger partial charge on any atom is 0.308 e. The molecule has 0 aliphatic carbocycles. The molecule has 0 bridgehead atoms. The van der Waals surface area contributed by atoms with Gasteiger partial charge in [-0.1, -0.05) is 77.6 Å². The van der Waals surface area contributed by atoms with Crippen LogP contribution in [0.3, 0.4) is 0 Å². The molecule has 0 amide bonds. The number of hydrogen-bond donors (Lipinski definition) is 8. The minimum atomic E-state index is -1.83. The van der Waals surface area contributed by atoms with Gasteiger partial charge in [-0.25, -0.2) is 0 Å². The smallest absolute Gasteiger partial charge is 0.308 e. The summed E-state index contributed by atoms with van der Waals surface area (Å²) in [5, 5.41) is 82.3. The van der Waals surface area contributed by atoms with Crippen LogP contribution in [0.25, 0.3) is 0 Å². The number of carboxylic acid groups (broad SMARTS) is 1. The van der Waals surface area contributed by atoms with Crippen molar-refractivity contribution in [2.24, 2.45) is 0 Å². The fraction of sp³-hybridized carbons (Fsp3) is 0.917. The van der Waals surface area contributed by atoms with Gasteiger partial charge in [-0.3, -0.25) is 14.4 Å². The molecule has 0 unspecified atom stereocenters. The van der Waals surface area contributed by atoms with Gasteiger partial charge in [0.15, 0.2) is 18.7 Å². The quantitative estimate of drug-likeness (QED) is 0.0424. The Morgan fingerprint density at radius 2 is 1.26 bits per heavy atom. The molecule has 12 atom stereocenters. The Kier molecular flexibility index (Phi) is 23.1. The number of esters is 2. The first-order valence-corrected chi connectivity index (χ1v) is 19.1. The summed E-state index contributed by atoms with van der Waals surface area (Å²) in [5.74, 6) is -2.39. The molecule has 0 saturated carbocycles. The standard InChI is InChI=1S/C36H64O17/c1-3-15-23(39)18-28(43)52-34-30(45)29(44)25(19-37)50-36(34)53-33-26(21-48-22(2)38)51-35(32(47)31(33)46)49-20-24(40)16-13-11-9-7-5-4-6-8-10-12-14-17-27(41)42/h23-26,29-37,39-40,44-47H,3-21H2,1-2H3,(H,41,42)/t23-,24+,25+,26+,29+,30-,31+,32+,33+,34+,35+,36-/m0/s1. The number of aliphatic hydroxyl groups is 7. The molecule has 2 aliphatic rings. The van der Waals surface area contributed by atoms with Crippen molar-refractivity contribution in [1.29, 1.82) is 0 Å². The van der Waals surface area contributed by atoms with E-state index >= 15 is 0 Å². The van der Waals surface area contributed by atoms with E-state index in [1.807, 2.05) is 6.92 Å². The van der Waals surface area contributed by atoms with Crippen LogP contribution in [0.2, 0.25) is 0 Å². The largest absolute Gasteiger partial charge is 0.481 e. The zero-order valence-electron chi connectivity index (χ0n) is 31.1. The van der Waals surface area contributed by atoms with Crippen molar-refractivity contribution in [3.05, 3.63) is 0 Å². The first kappa shape index (κ1) is 47.1. The van der Waals surface area contributed by atoms with E-state index in [0.717, 1.165) is 77.6 Å². The van der Waals surface area contributed by atoms with Gasteiger partial charge in [0, 0.05) is 13.3 Å². The molecule has 310 valence electrons. The van der Waals surface area contributed by atoms with E-state index in [4.69, 9.17) is 33.5 Å². The summed E-state index contributed by atoms with van der Waals surface area (Å²) in [6.07, 6.45) is -6.04. The number of aliphatic carboxylic acids is 1. The summed E-state index contributed by atoms with van der Waals surface area (Å²) < 4.78 is 33.4. The normalized spacial score (nSPS) is 30.1. The molecule has 53 heavy (non-hydrogen) atoms. The monoisotopic (exact) mass is 768 g/mol. The van der Waals surface area contributed by atoms with Crippen molar-refractivity contribution in [1.82, 2.24) is 0 Å². The summed E-state index contributed by atoms with van der Waals surface area (Å²) in [6, 6.07) is 0. The molecule has 17 heteroatoms. The molecule has 2 rings (SSSR count). The average Bonchev–Trinajstić information content (AvgIpc) is 3.10. The van der Waals surface area contributed by atoms with Crippen LogP contribution in [0.5, 0.6) is 0 Å². The number of carbonyl (C=O) groups is 3. The lowest BCUT2D eigenvalue weighted by molar-refractivity contribution is -0.361. The molecule has 0 radical (unpaired) electrons. The molecule has 0 aromatic rings. The van der Waals surface area contributed by atoms with Crippen molar-refractivity contribution < 1.29 is 83.7 Å². The summed E-state index contributed by atoms with van der Waals surface area (Å²) in [5.41, 5.74) is 0. The van der Waals surface area contributed by atoms with E-state index < -0.39 is 111 Å². The maximum absolute atomic E-state index is 12.6. The van der Waals surface area contributed by atoms with Crippen molar-refractivity contribution in [2.45, 2.75) is 190 Å². The Hall–Kier alpha value is -2.03. The zero-order chi connectivity index (χ0) is 39.3. The fourth-order valence-electron chi connectivity index (χ4n) is 6.36. The second-order valence-corrected chi connectivity index (χ2v) is 14.0. The lowest BCUT2D eigenvalue weighted by Gasteiger charge is -2.46. The first-order chi connectivity index (χ1) is 25.3. The predicted molar refractivity (Wildman–Crippen MR) is 185 cm³/mol. The number of carbonyl (C=O) groups excluding carboxylic acids is 2. The van der Waals surface area contributed by atoms with E-state index in [9.17, 15) is 50.1 Å². The summed E-state index contributed by atoms with van der Waals surface area (Å²) in [6.45, 7) is 1.46. The molecule has 17 nitrogen and oxygen atoms in total. The minimum Gasteiger partial charge on any atom is -0.481 e. The summed E-state index contributed by atoms with van der Waals surface area (Å²) in [4.78, 5) is 34.8. The van der Waals surface area contributed by atoms with Gasteiger partial charge in [0.05, 0.1) is 31.8 Å². The van der Waals surface area contributed by atoms with Crippen LogP contribution in [0.4, 0.5) is 0 Å². The number of ether oxygens (including phenoxy) is 6. The molecule has 2 heterocycles. The average molecular weight is 769 g/mol. The van der Waals surface area contributed by atoms with Gasteiger partial charge >= 0.3 is 17.9 Å². The van der Waals surface area contributed by atoms with Gasteiger partial charge in [0.25, 0.3) is 0 Å². The maximum atomic E-state index is 12.6. The minimum absolute atomic E-state index is 0.231. The van der Waals surface area contributed by atoms with Crippen LogP contribution in [0.1, 0.15) is 117 Å². The fourth-order valence-corrected chi connectivity index (χ4v) is 6.36. The van der Waals surface area contributed by atoms with E-state index in [-0.39, 0.29) is 13.0 Å². The Morgan fingerprint density at radius 1 is 0.698 bits per heavy atom. The first-order valence-electron chi connectivity index (χ1n) is 19.1. The summed E-state index contributed by atoms with van der Waals surface area (Å²) in [7, 11) is 0. The SMILES string of the molecule is CCC[C@H](O)CC(=O)O[C@H]1[C@H](O[C@H]2[C@H](O)[C@@H](O)[C@H](OC[C@H](O)CCCCCCCCCCCCCC(=O)O)O[C@@H]2COC(C)=O)O[C@H](CO)[C@@H](O)[C@@H]1O. The van der Waals surface area contributed by atoms with Gasteiger partial charge in [0.2, 0.25) is 0 Å². The molecule has 0 spiro atoms. The Morgan fingerprint density at radius 3 is 1.83 bits per heavy atom. The molecule has 0 aromatic heterocycles. The Labute approximate surface area is 311 Å². The van der Waals surface area contributed by atoms with E-state index in [1.54, 1.807) is 0 Å².